The molecule has 3 aromatic rings. The first kappa shape index (κ1) is 25.5. The first-order chi connectivity index (χ1) is 16.4. The molecule has 0 aromatic heterocycles. The monoisotopic (exact) mass is 515 g/mol. The Morgan fingerprint density at radius 2 is 1.68 bits per heavy atom. The summed E-state index contributed by atoms with van der Waals surface area (Å²) in [6.07, 6.45) is 0.716. The molecule has 0 radical (unpaired) electrons. The van der Waals surface area contributed by atoms with Crippen LogP contribution in [0.2, 0.25) is 10.0 Å². The molecule has 3 aromatic carbocycles. The summed E-state index contributed by atoms with van der Waals surface area (Å²) in [7, 11) is 0. The molecule has 3 rings (SSSR count). The van der Waals surface area contributed by atoms with Crippen molar-refractivity contribution in [2.45, 2.75) is 19.4 Å². The summed E-state index contributed by atoms with van der Waals surface area (Å²) in [5, 5.41) is 9.55. The maximum absolute atomic E-state index is 12.3. The van der Waals surface area contributed by atoms with E-state index in [-0.39, 0.29) is 23.3 Å². The van der Waals surface area contributed by atoms with Crippen molar-refractivity contribution in [2.75, 3.05) is 11.9 Å². The van der Waals surface area contributed by atoms with E-state index in [2.05, 4.69) is 16.0 Å². The Kier molecular flexibility index (Phi) is 9.70. The number of benzene rings is 3. The first-order valence-corrected chi connectivity index (χ1v) is 11.7. The van der Waals surface area contributed by atoms with Gasteiger partial charge < -0.3 is 20.7 Å². The van der Waals surface area contributed by atoms with E-state index in [4.69, 9.17) is 40.2 Å². The number of nitrogens with one attached hydrogen (secondary N) is 3. The standard InChI is InChI=1S/C25H23Cl2N3O3S/c26-19-10-13-22(21(27)15-19)33-14-4-7-23(31)30-25(34)29-20-11-8-18(9-12-20)24(32)28-16-17-5-2-1-3-6-17/h1-3,5-6,8-13,15H,4,7,14,16H2,(H,28,32)(H2,29,30,31,34). The Morgan fingerprint density at radius 3 is 2.38 bits per heavy atom. The fourth-order valence-electron chi connectivity index (χ4n) is 2.94. The van der Waals surface area contributed by atoms with Crippen molar-refractivity contribution in [2.24, 2.45) is 0 Å². The van der Waals surface area contributed by atoms with Crippen LogP contribution < -0.4 is 20.7 Å². The quantitative estimate of drug-likeness (QED) is 0.255. The van der Waals surface area contributed by atoms with Gasteiger partial charge >= 0.3 is 0 Å². The third-order valence-corrected chi connectivity index (χ3v) is 5.39. The number of amides is 2. The lowest BCUT2D eigenvalue weighted by molar-refractivity contribution is -0.119. The maximum Gasteiger partial charge on any atom is 0.251 e. The molecule has 0 saturated heterocycles. The molecule has 176 valence electrons. The Bertz CT molecular complexity index is 1140. The van der Waals surface area contributed by atoms with Gasteiger partial charge in [-0.3, -0.25) is 9.59 Å². The van der Waals surface area contributed by atoms with Gasteiger partial charge in [0.25, 0.3) is 5.91 Å². The molecule has 0 unspecified atom stereocenters. The average molecular weight is 516 g/mol. The summed E-state index contributed by atoms with van der Waals surface area (Å²) in [4.78, 5) is 24.4. The van der Waals surface area contributed by atoms with E-state index in [0.717, 1.165) is 5.56 Å². The van der Waals surface area contributed by atoms with Crippen molar-refractivity contribution in [3.05, 3.63) is 94.0 Å². The number of rotatable bonds is 9. The highest BCUT2D eigenvalue weighted by atomic mass is 35.5. The Hall–Kier alpha value is -3.13. The van der Waals surface area contributed by atoms with Gasteiger partial charge in [-0.2, -0.15) is 0 Å². The molecule has 0 aliphatic heterocycles. The maximum atomic E-state index is 12.3. The summed E-state index contributed by atoms with van der Waals surface area (Å²) in [5.74, 6) is 0.106. The van der Waals surface area contributed by atoms with Gasteiger partial charge in [0, 0.05) is 29.2 Å². The Morgan fingerprint density at radius 1 is 0.941 bits per heavy atom. The van der Waals surface area contributed by atoms with Crippen molar-refractivity contribution in [3.63, 3.8) is 0 Å². The highest BCUT2D eigenvalue weighted by molar-refractivity contribution is 7.80. The molecule has 0 atom stereocenters. The van der Waals surface area contributed by atoms with Crippen LogP contribution >= 0.6 is 35.4 Å². The molecule has 0 bridgehead atoms. The van der Waals surface area contributed by atoms with Crippen LogP contribution in [0.5, 0.6) is 5.75 Å². The van der Waals surface area contributed by atoms with Crippen molar-refractivity contribution in [1.29, 1.82) is 0 Å². The minimum atomic E-state index is -0.236. The van der Waals surface area contributed by atoms with Crippen molar-refractivity contribution in [3.8, 4) is 5.75 Å². The Labute approximate surface area is 213 Å². The van der Waals surface area contributed by atoms with Crippen molar-refractivity contribution in [1.82, 2.24) is 10.6 Å². The van der Waals surface area contributed by atoms with Gasteiger partial charge in [-0.05, 0) is 66.7 Å². The number of thiocarbonyl (C=S) groups is 1. The first-order valence-electron chi connectivity index (χ1n) is 10.5. The molecule has 0 aliphatic rings. The zero-order valence-electron chi connectivity index (χ0n) is 18.1. The van der Waals surface area contributed by atoms with Gasteiger partial charge in [-0.25, -0.2) is 0 Å². The second kappa shape index (κ2) is 12.9. The van der Waals surface area contributed by atoms with Crippen molar-refractivity contribution < 1.29 is 14.3 Å². The number of ether oxygens (including phenoxy) is 1. The van der Waals surface area contributed by atoms with E-state index in [0.29, 0.717) is 46.6 Å². The third kappa shape index (κ3) is 8.33. The van der Waals surface area contributed by atoms with Gasteiger partial charge in [0.15, 0.2) is 5.11 Å². The minimum Gasteiger partial charge on any atom is -0.492 e. The van der Waals surface area contributed by atoms with E-state index >= 15 is 0 Å². The molecule has 0 aliphatic carbocycles. The summed E-state index contributed by atoms with van der Waals surface area (Å²) in [5.41, 5.74) is 2.21. The van der Waals surface area contributed by atoms with Crippen LogP contribution in [0.15, 0.2) is 72.8 Å². The molecule has 0 saturated carbocycles. The number of carbonyl (C=O) groups is 2. The molecular formula is C25H23Cl2N3O3S. The van der Waals surface area contributed by atoms with E-state index in [1.807, 2.05) is 30.3 Å². The fourth-order valence-corrected chi connectivity index (χ4v) is 3.64. The van der Waals surface area contributed by atoms with E-state index < -0.39 is 0 Å². The molecule has 6 nitrogen and oxygen atoms in total. The summed E-state index contributed by atoms with van der Waals surface area (Å²) >= 11 is 17.1. The number of carbonyl (C=O) groups excluding carboxylic acids is 2. The van der Waals surface area contributed by atoms with Crippen LogP contribution in [0.4, 0.5) is 5.69 Å². The highest BCUT2D eigenvalue weighted by Gasteiger charge is 2.08. The highest BCUT2D eigenvalue weighted by Crippen LogP contribution is 2.27. The summed E-state index contributed by atoms with van der Waals surface area (Å²) < 4.78 is 5.56. The van der Waals surface area contributed by atoms with Crippen LogP contribution in [0.25, 0.3) is 0 Å². The van der Waals surface area contributed by atoms with Crippen LogP contribution in [-0.4, -0.2) is 23.5 Å². The number of hydrogen-bond acceptors (Lipinski definition) is 4. The molecule has 3 N–H and O–H groups in total. The van der Waals surface area contributed by atoms with Gasteiger partial charge in [0.1, 0.15) is 5.75 Å². The number of hydrogen-bond donors (Lipinski definition) is 3. The lowest BCUT2D eigenvalue weighted by atomic mass is 10.2. The van der Waals surface area contributed by atoms with Crippen LogP contribution in [0.3, 0.4) is 0 Å². The van der Waals surface area contributed by atoms with Gasteiger partial charge in [-0.15, -0.1) is 0 Å². The molecule has 9 heteroatoms. The molecule has 2 amide bonds. The van der Waals surface area contributed by atoms with Crippen LogP contribution in [0, 0.1) is 0 Å². The lowest BCUT2D eigenvalue weighted by Gasteiger charge is -2.11. The van der Waals surface area contributed by atoms with E-state index in [9.17, 15) is 9.59 Å². The SMILES string of the molecule is O=C(CCCOc1ccc(Cl)cc1Cl)NC(=S)Nc1ccc(C(=O)NCc2ccccc2)cc1. The van der Waals surface area contributed by atoms with E-state index in [1.165, 1.54) is 0 Å². The summed E-state index contributed by atoms with van der Waals surface area (Å²) in [6, 6.07) is 21.5. The second-order valence-corrected chi connectivity index (χ2v) is 8.53. The summed E-state index contributed by atoms with van der Waals surface area (Å²) in [6.45, 7) is 0.774. The topological polar surface area (TPSA) is 79.5 Å². The predicted molar refractivity (Wildman–Crippen MR) is 140 cm³/mol. The largest absolute Gasteiger partial charge is 0.492 e. The molecule has 0 spiro atoms. The Balaban J connectivity index is 1.36. The molecule has 34 heavy (non-hydrogen) atoms. The number of anilines is 1. The zero-order valence-corrected chi connectivity index (χ0v) is 20.5. The smallest absolute Gasteiger partial charge is 0.251 e. The second-order valence-electron chi connectivity index (χ2n) is 7.27. The van der Waals surface area contributed by atoms with Gasteiger partial charge in [0.2, 0.25) is 5.91 Å². The van der Waals surface area contributed by atoms with Crippen LogP contribution in [0.1, 0.15) is 28.8 Å². The minimum absolute atomic E-state index is 0.173. The lowest BCUT2D eigenvalue weighted by Crippen LogP contribution is -2.34. The van der Waals surface area contributed by atoms with Crippen LogP contribution in [-0.2, 0) is 11.3 Å². The average Bonchev–Trinajstić information content (AvgIpc) is 2.82. The molecule has 0 fully saturated rings. The van der Waals surface area contributed by atoms with E-state index in [1.54, 1.807) is 42.5 Å². The molecule has 0 heterocycles. The molecular weight excluding hydrogens is 493 g/mol. The van der Waals surface area contributed by atoms with Crippen molar-refractivity contribution >= 4 is 58.0 Å². The zero-order chi connectivity index (χ0) is 24.3. The normalized spacial score (nSPS) is 10.3. The predicted octanol–water partition coefficient (Wildman–Crippen LogP) is 5.60. The fraction of sp³-hybridized carbons (Fsp3) is 0.160. The van der Waals surface area contributed by atoms with Gasteiger partial charge in [-0.1, -0.05) is 53.5 Å². The van der Waals surface area contributed by atoms with Gasteiger partial charge in [0.05, 0.1) is 11.6 Å². The number of halogens is 2. The third-order valence-electron chi connectivity index (χ3n) is 4.65.